The standard InChI is InChI=1S/C20H17F6N7O2/c1-11-15(7-28-17-9-27-16(8-29-17)20(24,25)26)32(10-19(22,23)35-11)18(34)13-6-12(21)2-3-14(13)33-30-4-5-31-33/h2-6,8-9,11,15H,7,10H2,1H3,(H,28,29)/t11-,15+/m0/s1. The molecule has 0 saturated carbocycles. The Kier molecular flexibility index (Phi) is 6.36. The van der Waals surface area contributed by atoms with Gasteiger partial charge in [0.15, 0.2) is 5.69 Å². The third-order valence-electron chi connectivity index (χ3n) is 5.17. The van der Waals surface area contributed by atoms with Crippen LogP contribution in [0.4, 0.5) is 32.2 Å². The second-order valence-corrected chi connectivity index (χ2v) is 7.61. The molecule has 1 saturated heterocycles. The number of amides is 1. The van der Waals surface area contributed by atoms with E-state index < -0.39 is 48.4 Å². The maximum absolute atomic E-state index is 14.3. The minimum absolute atomic E-state index is 0.0594. The molecule has 9 nitrogen and oxygen atoms in total. The summed E-state index contributed by atoms with van der Waals surface area (Å²) >= 11 is 0. The van der Waals surface area contributed by atoms with E-state index in [-0.39, 0.29) is 23.6 Å². The van der Waals surface area contributed by atoms with Crippen molar-refractivity contribution in [3.63, 3.8) is 0 Å². The largest absolute Gasteiger partial charge is 0.434 e. The average Bonchev–Trinajstić information content (AvgIpc) is 3.31. The van der Waals surface area contributed by atoms with E-state index in [0.717, 1.165) is 28.0 Å². The number of alkyl halides is 5. The summed E-state index contributed by atoms with van der Waals surface area (Å²) in [6.45, 7) is -0.0724. The highest BCUT2D eigenvalue weighted by Crippen LogP contribution is 2.31. The third kappa shape index (κ3) is 5.34. The first-order valence-corrected chi connectivity index (χ1v) is 10.1. The quantitative estimate of drug-likeness (QED) is 0.537. The van der Waals surface area contributed by atoms with Crippen LogP contribution in [0.2, 0.25) is 0 Å². The molecule has 0 unspecified atom stereocenters. The molecule has 3 aromatic rings. The normalized spacial score (nSPS) is 20.0. The van der Waals surface area contributed by atoms with Gasteiger partial charge in [0.05, 0.1) is 48.2 Å². The van der Waals surface area contributed by atoms with Crippen molar-refractivity contribution in [2.45, 2.75) is 31.4 Å². The molecule has 3 heterocycles. The zero-order valence-corrected chi connectivity index (χ0v) is 17.9. The first-order chi connectivity index (χ1) is 16.4. The lowest BCUT2D eigenvalue weighted by atomic mass is 10.0. The molecular weight excluding hydrogens is 484 g/mol. The van der Waals surface area contributed by atoms with E-state index in [9.17, 15) is 31.1 Å². The Hall–Kier alpha value is -3.75. The molecule has 4 rings (SSSR count). The number of hydrogen-bond acceptors (Lipinski definition) is 7. The average molecular weight is 501 g/mol. The molecule has 0 bridgehead atoms. The van der Waals surface area contributed by atoms with Gasteiger partial charge in [0.1, 0.15) is 18.2 Å². The number of nitrogens with zero attached hydrogens (tertiary/aromatic N) is 6. The number of hydrogen-bond donors (Lipinski definition) is 1. The topological polar surface area (TPSA) is 98.1 Å². The molecule has 15 heteroatoms. The first-order valence-electron chi connectivity index (χ1n) is 10.1. The molecule has 1 aliphatic rings. The van der Waals surface area contributed by atoms with Crippen molar-refractivity contribution in [3.8, 4) is 5.69 Å². The second-order valence-electron chi connectivity index (χ2n) is 7.61. The molecule has 1 amide bonds. The van der Waals surface area contributed by atoms with E-state index in [1.165, 1.54) is 25.4 Å². The highest BCUT2D eigenvalue weighted by molar-refractivity contribution is 5.98. The number of halogens is 6. The highest BCUT2D eigenvalue weighted by Gasteiger charge is 2.47. The monoisotopic (exact) mass is 501 g/mol. The lowest BCUT2D eigenvalue weighted by Crippen LogP contribution is -2.61. The van der Waals surface area contributed by atoms with Crippen LogP contribution in [0.15, 0.2) is 43.0 Å². The summed E-state index contributed by atoms with van der Waals surface area (Å²) in [5.74, 6) is -1.81. The molecule has 186 valence electrons. The fraction of sp³-hybridized carbons (Fsp3) is 0.350. The lowest BCUT2D eigenvalue weighted by Gasteiger charge is -2.43. The first kappa shape index (κ1) is 24.4. The number of benzene rings is 1. The number of carbonyl (C=O) groups excluding carboxylic acids is 1. The second kappa shape index (κ2) is 9.13. The predicted octanol–water partition coefficient (Wildman–Crippen LogP) is 3.15. The van der Waals surface area contributed by atoms with Crippen LogP contribution in [0.1, 0.15) is 23.0 Å². The van der Waals surface area contributed by atoms with Gasteiger partial charge in [0.2, 0.25) is 0 Å². The summed E-state index contributed by atoms with van der Waals surface area (Å²) in [4.78, 5) is 22.1. The molecule has 0 aliphatic carbocycles. The van der Waals surface area contributed by atoms with Gasteiger partial charge in [-0.3, -0.25) is 4.79 Å². The number of nitrogens with one attached hydrogen (secondary N) is 1. The number of carbonyl (C=O) groups is 1. The van der Waals surface area contributed by atoms with Crippen LogP contribution in [0.5, 0.6) is 0 Å². The number of rotatable bonds is 5. The Morgan fingerprint density at radius 1 is 1.20 bits per heavy atom. The Balaban J connectivity index is 1.61. The van der Waals surface area contributed by atoms with Crippen molar-refractivity contribution in [1.82, 2.24) is 29.9 Å². The Morgan fingerprint density at radius 3 is 2.54 bits per heavy atom. The van der Waals surface area contributed by atoms with Gasteiger partial charge in [0.25, 0.3) is 5.91 Å². The van der Waals surface area contributed by atoms with Crippen LogP contribution < -0.4 is 5.32 Å². The maximum atomic E-state index is 14.3. The van der Waals surface area contributed by atoms with Gasteiger partial charge < -0.3 is 15.0 Å². The summed E-state index contributed by atoms with van der Waals surface area (Å²) in [6.07, 6.45) is -5.62. The van der Waals surface area contributed by atoms with Crippen LogP contribution in [-0.4, -0.2) is 67.1 Å². The van der Waals surface area contributed by atoms with Gasteiger partial charge in [-0.1, -0.05) is 0 Å². The predicted molar refractivity (Wildman–Crippen MR) is 107 cm³/mol. The van der Waals surface area contributed by atoms with Gasteiger partial charge in [-0.25, -0.2) is 14.4 Å². The van der Waals surface area contributed by atoms with E-state index in [1.807, 2.05) is 0 Å². The Bertz CT molecular complexity index is 1190. The Morgan fingerprint density at radius 2 is 1.91 bits per heavy atom. The van der Waals surface area contributed by atoms with E-state index in [1.54, 1.807) is 0 Å². The number of morpholine rings is 1. The van der Waals surface area contributed by atoms with Gasteiger partial charge >= 0.3 is 12.3 Å². The number of aromatic nitrogens is 5. The van der Waals surface area contributed by atoms with Gasteiger partial charge in [-0.15, -0.1) is 0 Å². The third-order valence-corrected chi connectivity index (χ3v) is 5.17. The van der Waals surface area contributed by atoms with Crippen LogP contribution in [0.25, 0.3) is 5.69 Å². The van der Waals surface area contributed by atoms with E-state index >= 15 is 0 Å². The van der Waals surface area contributed by atoms with Crippen LogP contribution in [0, 0.1) is 5.82 Å². The van der Waals surface area contributed by atoms with Crippen LogP contribution in [0.3, 0.4) is 0 Å². The molecule has 0 spiro atoms. The maximum Gasteiger partial charge on any atom is 0.434 e. The van der Waals surface area contributed by atoms with Crippen LogP contribution in [-0.2, 0) is 10.9 Å². The summed E-state index contributed by atoms with van der Waals surface area (Å²) < 4.78 is 85.3. The van der Waals surface area contributed by atoms with Gasteiger partial charge in [-0.05, 0) is 25.1 Å². The highest BCUT2D eigenvalue weighted by atomic mass is 19.4. The summed E-state index contributed by atoms with van der Waals surface area (Å²) in [5.41, 5.74) is -1.42. The van der Waals surface area contributed by atoms with Crippen molar-refractivity contribution in [3.05, 3.63) is 60.1 Å². The summed E-state index contributed by atoms with van der Waals surface area (Å²) in [5, 5.41) is 10.5. The van der Waals surface area contributed by atoms with E-state index in [4.69, 9.17) is 4.74 Å². The fourth-order valence-electron chi connectivity index (χ4n) is 3.58. The smallest absolute Gasteiger partial charge is 0.367 e. The van der Waals surface area contributed by atoms with Crippen molar-refractivity contribution in [2.24, 2.45) is 0 Å². The molecule has 1 aliphatic heterocycles. The zero-order valence-electron chi connectivity index (χ0n) is 17.9. The molecule has 1 fully saturated rings. The van der Waals surface area contributed by atoms with Crippen LogP contribution >= 0.6 is 0 Å². The Labute approximate surface area is 193 Å². The molecule has 1 aromatic carbocycles. The SMILES string of the molecule is C[C@@H]1OC(F)(F)CN(C(=O)c2cc(F)ccc2-n2nccn2)[C@@H]1CNc1cnc(C(F)(F)F)cn1. The summed E-state index contributed by atoms with van der Waals surface area (Å²) in [6, 6.07) is 2.14. The summed E-state index contributed by atoms with van der Waals surface area (Å²) in [7, 11) is 0. The number of ether oxygens (including phenoxy) is 1. The van der Waals surface area contributed by atoms with E-state index in [2.05, 4.69) is 25.5 Å². The number of anilines is 1. The zero-order chi connectivity index (χ0) is 25.4. The van der Waals surface area contributed by atoms with Crippen molar-refractivity contribution >= 4 is 11.7 Å². The molecule has 35 heavy (non-hydrogen) atoms. The van der Waals surface area contributed by atoms with Gasteiger partial charge in [0, 0.05) is 6.54 Å². The molecule has 0 radical (unpaired) electrons. The molecule has 2 aromatic heterocycles. The van der Waals surface area contributed by atoms with E-state index in [0.29, 0.717) is 6.20 Å². The van der Waals surface area contributed by atoms with Crippen molar-refractivity contribution in [1.29, 1.82) is 0 Å². The van der Waals surface area contributed by atoms with Gasteiger partial charge in [-0.2, -0.15) is 36.9 Å². The lowest BCUT2D eigenvalue weighted by molar-refractivity contribution is -0.298. The minimum atomic E-state index is -4.68. The van der Waals surface area contributed by atoms with Crippen molar-refractivity contribution in [2.75, 3.05) is 18.4 Å². The fourth-order valence-corrected chi connectivity index (χ4v) is 3.58. The minimum Gasteiger partial charge on any atom is -0.367 e. The molecule has 2 atom stereocenters. The molecule has 1 N–H and O–H groups in total. The molecular formula is C20H17F6N7O2. The van der Waals surface area contributed by atoms with Crippen molar-refractivity contribution < 1.29 is 35.9 Å².